The Bertz CT molecular complexity index is 523. The van der Waals surface area contributed by atoms with Crippen LogP contribution in [0.4, 0.5) is 4.79 Å². The lowest BCUT2D eigenvalue weighted by Crippen LogP contribution is -2.55. The molecule has 24 heavy (non-hydrogen) atoms. The van der Waals surface area contributed by atoms with E-state index < -0.39 is 5.60 Å². The zero-order valence-electron chi connectivity index (χ0n) is 15.1. The summed E-state index contributed by atoms with van der Waals surface area (Å²) >= 11 is 0. The number of nitrogens with one attached hydrogen (secondary N) is 2. The first kappa shape index (κ1) is 18.7. The van der Waals surface area contributed by atoms with Gasteiger partial charge in [-0.15, -0.1) is 0 Å². The maximum absolute atomic E-state index is 12.1. The van der Waals surface area contributed by atoms with E-state index in [1.165, 1.54) is 19.3 Å². The van der Waals surface area contributed by atoms with Crippen LogP contribution in [-0.4, -0.2) is 47.8 Å². The molecule has 0 saturated carbocycles. The van der Waals surface area contributed by atoms with E-state index in [-0.39, 0.29) is 18.1 Å². The summed E-state index contributed by atoms with van der Waals surface area (Å²) in [7, 11) is 0. The summed E-state index contributed by atoms with van der Waals surface area (Å²) in [5, 5.41) is 16.2. The van der Waals surface area contributed by atoms with E-state index >= 15 is 0 Å². The second kappa shape index (κ2) is 7.99. The molecular formula is C19H31N3O2. The second-order valence-electron chi connectivity index (χ2n) is 7.54. The number of hydrogen-bond acceptors (Lipinski definition) is 3. The average Bonchev–Trinajstić information content (AvgIpc) is 2.60. The molecule has 1 aromatic rings. The number of benzene rings is 1. The number of likely N-dealkylation sites (tertiary alicyclic amines) is 1. The summed E-state index contributed by atoms with van der Waals surface area (Å²) in [6.45, 7) is 9.00. The predicted octanol–water partition coefficient (Wildman–Crippen LogP) is 2.46. The molecule has 5 nitrogen and oxygen atoms in total. The molecule has 0 bridgehead atoms. The van der Waals surface area contributed by atoms with Gasteiger partial charge in [0.05, 0.1) is 6.54 Å². The molecule has 0 aliphatic carbocycles. The molecule has 134 valence electrons. The van der Waals surface area contributed by atoms with Gasteiger partial charge in [-0.3, -0.25) is 4.90 Å². The van der Waals surface area contributed by atoms with E-state index in [9.17, 15) is 9.90 Å². The summed E-state index contributed by atoms with van der Waals surface area (Å²) in [6.07, 6.45) is 3.76. The summed E-state index contributed by atoms with van der Waals surface area (Å²) in [6, 6.07) is 9.15. The van der Waals surface area contributed by atoms with Crippen LogP contribution in [0.15, 0.2) is 30.3 Å². The molecule has 1 aliphatic heterocycles. The fourth-order valence-electron chi connectivity index (χ4n) is 3.12. The second-order valence-corrected chi connectivity index (χ2v) is 7.54. The summed E-state index contributed by atoms with van der Waals surface area (Å²) < 4.78 is 0. The highest BCUT2D eigenvalue weighted by Gasteiger charge is 2.29. The van der Waals surface area contributed by atoms with Crippen molar-refractivity contribution < 1.29 is 9.90 Å². The molecule has 1 unspecified atom stereocenters. The minimum atomic E-state index is -1.08. The van der Waals surface area contributed by atoms with Crippen LogP contribution < -0.4 is 10.6 Å². The van der Waals surface area contributed by atoms with Gasteiger partial charge >= 0.3 is 6.03 Å². The first-order valence-corrected chi connectivity index (χ1v) is 8.86. The lowest BCUT2D eigenvalue weighted by atomic mass is 9.96. The Morgan fingerprint density at radius 2 is 1.62 bits per heavy atom. The molecule has 1 atom stereocenters. The summed E-state index contributed by atoms with van der Waals surface area (Å²) in [5.41, 5.74) is -0.348. The lowest BCUT2D eigenvalue weighted by molar-refractivity contribution is 0.0588. The van der Waals surface area contributed by atoms with Gasteiger partial charge in [0.15, 0.2) is 0 Å². The van der Waals surface area contributed by atoms with E-state index in [2.05, 4.69) is 29.4 Å². The number of aliphatic hydroxyl groups is 1. The highest BCUT2D eigenvalue weighted by atomic mass is 16.3. The van der Waals surface area contributed by atoms with Gasteiger partial charge in [-0.05, 0) is 52.3 Å². The SMILES string of the molecule is CC(O)(CNC(=O)NCC(C)(C)N1CCCCC1)c1ccccc1. The van der Waals surface area contributed by atoms with Crippen LogP contribution in [0.3, 0.4) is 0 Å². The van der Waals surface area contributed by atoms with Crippen LogP contribution in [-0.2, 0) is 5.60 Å². The number of carbonyl (C=O) groups is 1. The quantitative estimate of drug-likeness (QED) is 0.749. The smallest absolute Gasteiger partial charge is 0.314 e. The van der Waals surface area contributed by atoms with Crippen molar-refractivity contribution in [2.24, 2.45) is 0 Å². The lowest BCUT2D eigenvalue weighted by Gasteiger charge is -2.41. The van der Waals surface area contributed by atoms with Crippen molar-refractivity contribution >= 4 is 6.03 Å². The van der Waals surface area contributed by atoms with Crippen LogP contribution >= 0.6 is 0 Å². The molecule has 2 rings (SSSR count). The molecule has 1 fully saturated rings. The van der Waals surface area contributed by atoms with Crippen LogP contribution in [0.1, 0.15) is 45.6 Å². The zero-order chi connectivity index (χ0) is 17.6. The first-order chi connectivity index (χ1) is 11.3. The third-order valence-electron chi connectivity index (χ3n) is 4.88. The number of rotatable bonds is 6. The minimum absolute atomic E-state index is 0.0558. The molecule has 1 saturated heterocycles. The van der Waals surface area contributed by atoms with Crippen molar-refractivity contribution in [2.75, 3.05) is 26.2 Å². The summed E-state index contributed by atoms with van der Waals surface area (Å²) in [4.78, 5) is 14.5. The Kier molecular flexibility index (Phi) is 6.24. The van der Waals surface area contributed by atoms with E-state index in [4.69, 9.17) is 0 Å². The molecule has 0 radical (unpaired) electrons. The average molecular weight is 333 g/mol. The highest BCUT2D eigenvalue weighted by Crippen LogP contribution is 2.20. The van der Waals surface area contributed by atoms with Crippen molar-refractivity contribution in [1.29, 1.82) is 0 Å². The number of amides is 2. The molecule has 0 aromatic heterocycles. The van der Waals surface area contributed by atoms with Crippen molar-refractivity contribution in [2.45, 2.75) is 51.2 Å². The van der Waals surface area contributed by atoms with Gasteiger partial charge in [0.1, 0.15) is 5.60 Å². The van der Waals surface area contributed by atoms with Crippen LogP contribution in [0.25, 0.3) is 0 Å². The molecular weight excluding hydrogens is 302 g/mol. The Labute approximate surface area is 145 Å². The molecule has 1 aliphatic rings. The van der Waals surface area contributed by atoms with Crippen molar-refractivity contribution in [3.63, 3.8) is 0 Å². The largest absolute Gasteiger partial charge is 0.384 e. The van der Waals surface area contributed by atoms with Gasteiger partial charge in [-0.2, -0.15) is 0 Å². The Hall–Kier alpha value is -1.59. The fraction of sp³-hybridized carbons (Fsp3) is 0.632. The highest BCUT2D eigenvalue weighted by molar-refractivity contribution is 5.74. The number of hydrogen-bond donors (Lipinski definition) is 3. The summed E-state index contributed by atoms with van der Waals surface area (Å²) in [5.74, 6) is 0. The van der Waals surface area contributed by atoms with Gasteiger partial charge in [0, 0.05) is 12.1 Å². The normalized spacial score (nSPS) is 18.7. The molecule has 1 aromatic carbocycles. The van der Waals surface area contributed by atoms with Crippen LogP contribution in [0.2, 0.25) is 0 Å². The van der Waals surface area contributed by atoms with Gasteiger partial charge < -0.3 is 15.7 Å². The minimum Gasteiger partial charge on any atom is -0.384 e. The van der Waals surface area contributed by atoms with Crippen molar-refractivity contribution in [3.05, 3.63) is 35.9 Å². The molecule has 1 heterocycles. The molecule has 0 spiro atoms. The van der Waals surface area contributed by atoms with Crippen LogP contribution in [0, 0.1) is 0 Å². The van der Waals surface area contributed by atoms with E-state index in [0.717, 1.165) is 18.7 Å². The van der Waals surface area contributed by atoms with Crippen molar-refractivity contribution in [1.82, 2.24) is 15.5 Å². The van der Waals surface area contributed by atoms with Gasteiger partial charge in [0.25, 0.3) is 0 Å². The number of carbonyl (C=O) groups excluding carboxylic acids is 1. The Morgan fingerprint density at radius 1 is 1.04 bits per heavy atom. The Balaban J connectivity index is 1.78. The zero-order valence-corrected chi connectivity index (χ0v) is 15.1. The van der Waals surface area contributed by atoms with Crippen molar-refractivity contribution in [3.8, 4) is 0 Å². The Morgan fingerprint density at radius 3 is 2.25 bits per heavy atom. The van der Waals surface area contributed by atoms with E-state index in [0.29, 0.717) is 6.54 Å². The first-order valence-electron chi connectivity index (χ1n) is 8.86. The third kappa shape index (κ3) is 5.21. The van der Waals surface area contributed by atoms with Crippen LogP contribution in [0.5, 0.6) is 0 Å². The maximum atomic E-state index is 12.1. The third-order valence-corrected chi connectivity index (χ3v) is 4.88. The molecule has 2 amide bonds. The van der Waals surface area contributed by atoms with Gasteiger partial charge in [-0.1, -0.05) is 36.8 Å². The number of nitrogens with zero attached hydrogens (tertiary/aromatic N) is 1. The van der Waals surface area contributed by atoms with Gasteiger partial charge in [-0.25, -0.2) is 4.79 Å². The monoisotopic (exact) mass is 333 g/mol. The fourth-order valence-corrected chi connectivity index (χ4v) is 3.12. The van der Waals surface area contributed by atoms with Gasteiger partial charge in [0.2, 0.25) is 0 Å². The molecule has 3 N–H and O–H groups in total. The number of urea groups is 1. The standard InChI is InChI=1S/C19H31N3O2/c1-18(2,22-12-8-5-9-13-22)14-20-17(23)21-15-19(3,24)16-10-6-4-7-11-16/h4,6-7,10-11,24H,5,8-9,12-15H2,1-3H3,(H2,20,21,23). The topological polar surface area (TPSA) is 64.6 Å². The number of piperidine rings is 1. The maximum Gasteiger partial charge on any atom is 0.314 e. The van der Waals surface area contributed by atoms with E-state index in [1.807, 2.05) is 30.3 Å². The molecule has 5 heteroatoms. The predicted molar refractivity (Wildman–Crippen MR) is 96.9 cm³/mol. The van der Waals surface area contributed by atoms with E-state index in [1.54, 1.807) is 6.92 Å².